The lowest BCUT2D eigenvalue weighted by molar-refractivity contribution is -0.139. The molecule has 1 fully saturated rings. The molecule has 66 valence electrons. The first-order valence-electron chi connectivity index (χ1n) is 3.84. The molecule has 0 amide bonds. The molecule has 0 spiro atoms. The summed E-state index contributed by atoms with van der Waals surface area (Å²) in [5.41, 5.74) is 0. The molecule has 0 aromatic rings. The molecule has 3 atom stereocenters. The molecule has 3 N–H and O–H groups in total. The summed E-state index contributed by atoms with van der Waals surface area (Å²) in [6.07, 6.45) is -1.07. The van der Waals surface area contributed by atoms with Gasteiger partial charge in [-0.2, -0.15) is 0 Å². The Bertz CT molecular complexity index is 115. The molecule has 0 aromatic carbocycles. The van der Waals surface area contributed by atoms with Crippen LogP contribution in [0.4, 0.5) is 0 Å². The van der Waals surface area contributed by atoms with Gasteiger partial charge in [0.25, 0.3) is 0 Å². The van der Waals surface area contributed by atoms with Gasteiger partial charge in [0, 0.05) is 13.2 Å². The molecule has 4 nitrogen and oxygen atoms in total. The minimum atomic E-state index is -0.837. The molecule has 0 saturated carbocycles. The monoisotopic (exact) mass is 162 g/mol. The first-order chi connectivity index (χ1) is 5.25. The average molecular weight is 162 g/mol. The summed E-state index contributed by atoms with van der Waals surface area (Å²) in [5, 5.41) is 27.0. The number of ether oxygens (including phenoxy) is 1. The van der Waals surface area contributed by atoms with E-state index in [-0.39, 0.29) is 6.61 Å². The van der Waals surface area contributed by atoms with E-state index in [1.165, 1.54) is 0 Å². The van der Waals surface area contributed by atoms with Gasteiger partial charge in [-0.25, -0.2) is 0 Å². The molecule has 0 aliphatic carbocycles. The third-order valence-electron chi connectivity index (χ3n) is 1.93. The Morgan fingerprint density at radius 2 is 2.09 bits per heavy atom. The summed E-state index contributed by atoms with van der Waals surface area (Å²) in [6.45, 7) is 0.442. The number of hydrogen-bond donors (Lipinski definition) is 3. The highest BCUT2D eigenvalue weighted by Crippen LogP contribution is 2.16. The Morgan fingerprint density at radius 3 is 2.73 bits per heavy atom. The standard InChI is InChI=1S/C7H14O4/c8-3-1-6-7(10)5(9)2-4-11-6/h5-10H,1-4H2/t5-,6-,7-/m1/s1. The number of hydrogen-bond acceptors (Lipinski definition) is 4. The lowest BCUT2D eigenvalue weighted by Gasteiger charge is -2.31. The Kier molecular flexibility index (Phi) is 3.26. The topological polar surface area (TPSA) is 69.9 Å². The maximum atomic E-state index is 9.28. The van der Waals surface area contributed by atoms with Crippen molar-refractivity contribution in [3.8, 4) is 0 Å². The van der Waals surface area contributed by atoms with Crippen molar-refractivity contribution in [1.29, 1.82) is 0 Å². The van der Waals surface area contributed by atoms with E-state index >= 15 is 0 Å². The van der Waals surface area contributed by atoms with Gasteiger partial charge >= 0.3 is 0 Å². The highest BCUT2D eigenvalue weighted by atomic mass is 16.5. The molecule has 1 saturated heterocycles. The molecule has 1 heterocycles. The first-order valence-corrected chi connectivity index (χ1v) is 3.84. The van der Waals surface area contributed by atoms with Gasteiger partial charge in [-0.05, 0) is 12.8 Å². The van der Waals surface area contributed by atoms with Crippen LogP contribution in [0.1, 0.15) is 12.8 Å². The number of aliphatic hydroxyl groups is 3. The van der Waals surface area contributed by atoms with Crippen molar-refractivity contribution in [3.05, 3.63) is 0 Å². The highest BCUT2D eigenvalue weighted by molar-refractivity contribution is 4.80. The zero-order chi connectivity index (χ0) is 8.27. The normalized spacial score (nSPS) is 39.0. The summed E-state index contributed by atoms with van der Waals surface area (Å²) in [4.78, 5) is 0. The fourth-order valence-corrected chi connectivity index (χ4v) is 1.24. The van der Waals surface area contributed by atoms with Gasteiger partial charge in [0.1, 0.15) is 6.10 Å². The van der Waals surface area contributed by atoms with Gasteiger partial charge < -0.3 is 20.1 Å². The lowest BCUT2D eigenvalue weighted by Crippen LogP contribution is -2.44. The minimum absolute atomic E-state index is 0.0194. The quantitative estimate of drug-likeness (QED) is 0.481. The SMILES string of the molecule is OCC[C@H]1OCC[C@@H](O)[C@H]1O. The van der Waals surface area contributed by atoms with Crippen LogP contribution in [0.3, 0.4) is 0 Å². The molecule has 0 bridgehead atoms. The van der Waals surface area contributed by atoms with E-state index in [2.05, 4.69) is 0 Å². The summed E-state index contributed by atoms with van der Waals surface area (Å²) >= 11 is 0. The maximum Gasteiger partial charge on any atom is 0.106 e. The Labute approximate surface area is 65.4 Å². The van der Waals surface area contributed by atoms with E-state index < -0.39 is 18.3 Å². The van der Waals surface area contributed by atoms with Crippen LogP contribution in [-0.4, -0.2) is 46.8 Å². The van der Waals surface area contributed by atoms with E-state index in [4.69, 9.17) is 14.9 Å². The van der Waals surface area contributed by atoms with Crippen LogP contribution in [-0.2, 0) is 4.74 Å². The molecule has 1 rings (SSSR count). The second-order valence-electron chi connectivity index (χ2n) is 2.77. The van der Waals surface area contributed by atoms with Gasteiger partial charge in [-0.1, -0.05) is 0 Å². The van der Waals surface area contributed by atoms with Crippen molar-refractivity contribution in [2.75, 3.05) is 13.2 Å². The predicted molar refractivity (Wildman–Crippen MR) is 38.1 cm³/mol. The van der Waals surface area contributed by atoms with E-state index in [0.29, 0.717) is 19.4 Å². The number of aliphatic hydroxyl groups excluding tert-OH is 3. The van der Waals surface area contributed by atoms with Crippen molar-refractivity contribution in [3.63, 3.8) is 0 Å². The van der Waals surface area contributed by atoms with E-state index in [9.17, 15) is 5.11 Å². The summed E-state index contributed by atoms with van der Waals surface area (Å²) in [6, 6.07) is 0. The van der Waals surface area contributed by atoms with Gasteiger partial charge in [-0.15, -0.1) is 0 Å². The zero-order valence-electron chi connectivity index (χ0n) is 6.31. The zero-order valence-corrected chi connectivity index (χ0v) is 6.31. The lowest BCUT2D eigenvalue weighted by atomic mass is 10.0. The van der Waals surface area contributed by atoms with E-state index in [1.54, 1.807) is 0 Å². The largest absolute Gasteiger partial charge is 0.396 e. The predicted octanol–water partition coefficient (Wildman–Crippen LogP) is -1.12. The van der Waals surface area contributed by atoms with Crippen LogP contribution in [0.25, 0.3) is 0 Å². The van der Waals surface area contributed by atoms with Gasteiger partial charge in [0.2, 0.25) is 0 Å². The van der Waals surface area contributed by atoms with Crippen molar-refractivity contribution < 1.29 is 20.1 Å². The van der Waals surface area contributed by atoms with Gasteiger partial charge in [-0.3, -0.25) is 0 Å². The smallest absolute Gasteiger partial charge is 0.106 e. The molecule has 1 aliphatic heterocycles. The summed E-state index contributed by atoms with van der Waals surface area (Å²) in [5.74, 6) is 0. The van der Waals surface area contributed by atoms with E-state index in [1.807, 2.05) is 0 Å². The van der Waals surface area contributed by atoms with Crippen LogP contribution in [0, 0.1) is 0 Å². The molecule has 4 heteroatoms. The fourth-order valence-electron chi connectivity index (χ4n) is 1.24. The van der Waals surface area contributed by atoms with Gasteiger partial charge in [0.15, 0.2) is 0 Å². The van der Waals surface area contributed by atoms with Gasteiger partial charge in [0.05, 0.1) is 12.2 Å². The summed E-state index contributed by atoms with van der Waals surface area (Å²) < 4.78 is 5.13. The maximum absolute atomic E-state index is 9.28. The Hall–Kier alpha value is -0.160. The summed E-state index contributed by atoms with van der Waals surface area (Å²) in [7, 11) is 0. The Morgan fingerprint density at radius 1 is 1.36 bits per heavy atom. The molecule has 1 aliphatic rings. The molecule has 0 radical (unpaired) electrons. The molecule has 11 heavy (non-hydrogen) atoms. The van der Waals surface area contributed by atoms with Crippen LogP contribution < -0.4 is 0 Å². The third kappa shape index (κ3) is 2.13. The van der Waals surface area contributed by atoms with E-state index in [0.717, 1.165) is 0 Å². The highest BCUT2D eigenvalue weighted by Gasteiger charge is 2.30. The van der Waals surface area contributed by atoms with Crippen LogP contribution in [0.2, 0.25) is 0 Å². The number of rotatable bonds is 2. The molecule has 0 aromatic heterocycles. The second-order valence-corrected chi connectivity index (χ2v) is 2.77. The van der Waals surface area contributed by atoms with Crippen molar-refractivity contribution in [1.82, 2.24) is 0 Å². The van der Waals surface area contributed by atoms with Crippen molar-refractivity contribution in [2.24, 2.45) is 0 Å². The van der Waals surface area contributed by atoms with Crippen molar-refractivity contribution >= 4 is 0 Å². The third-order valence-corrected chi connectivity index (χ3v) is 1.93. The van der Waals surface area contributed by atoms with Crippen LogP contribution in [0.15, 0.2) is 0 Å². The van der Waals surface area contributed by atoms with Crippen LogP contribution in [0.5, 0.6) is 0 Å². The van der Waals surface area contributed by atoms with Crippen molar-refractivity contribution in [2.45, 2.75) is 31.2 Å². The molecular formula is C7H14O4. The molecular weight excluding hydrogens is 148 g/mol. The van der Waals surface area contributed by atoms with Crippen LogP contribution >= 0.6 is 0 Å². The molecule has 0 unspecified atom stereocenters. The average Bonchev–Trinajstić information content (AvgIpc) is 1.99. The minimum Gasteiger partial charge on any atom is -0.396 e. The first kappa shape index (κ1) is 8.93. The Balaban J connectivity index is 2.38. The second kappa shape index (κ2) is 4.01. The fraction of sp³-hybridized carbons (Fsp3) is 1.00.